The standard InChI is InChI=1S/C20H26N2O4/c1-6-22(7-2)20(23)11-9-16-8-10-18(19(12-16)24-5)25-13-17-14(3)21-26-15(17)4/h8-12H,6-7,13H2,1-5H3/b11-9+. The third-order valence-electron chi connectivity index (χ3n) is 4.23. The maximum Gasteiger partial charge on any atom is 0.246 e. The minimum atomic E-state index is -0.00676. The van der Waals surface area contributed by atoms with Crippen molar-refractivity contribution in [2.24, 2.45) is 0 Å². The summed E-state index contributed by atoms with van der Waals surface area (Å²) < 4.78 is 16.4. The molecule has 1 aromatic heterocycles. The zero-order chi connectivity index (χ0) is 19.1. The van der Waals surface area contributed by atoms with Crippen LogP contribution in [0.3, 0.4) is 0 Å². The molecule has 1 amide bonds. The van der Waals surface area contributed by atoms with Gasteiger partial charge in [-0.1, -0.05) is 11.2 Å². The predicted octanol–water partition coefficient (Wildman–Crippen LogP) is 3.76. The first-order valence-electron chi connectivity index (χ1n) is 8.69. The normalized spacial score (nSPS) is 11.0. The minimum Gasteiger partial charge on any atom is -0.493 e. The van der Waals surface area contributed by atoms with E-state index in [2.05, 4.69) is 5.16 Å². The summed E-state index contributed by atoms with van der Waals surface area (Å²) in [5, 5.41) is 3.92. The van der Waals surface area contributed by atoms with Gasteiger partial charge in [0.25, 0.3) is 0 Å². The molecule has 0 spiro atoms. The van der Waals surface area contributed by atoms with Crippen molar-refractivity contribution in [2.45, 2.75) is 34.3 Å². The molecular formula is C20H26N2O4. The number of methoxy groups -OCH3 is 1. The van der Waals surface area contributed by atoms with E-state index in [-0.39, 0.29) is 5.91 Å². The van der Waals surface area contributed by atoms with E-state index >= 15 is 0 Å². The second-order valence-electron chi connectivity index (χ2n) is 5.85. The zero-order valence-corrected chi connectivity index (χ0v) is 16.0. The molecule has 0 fully saturated rings. The van der Waals surface area contributed by atoms with E-state index in [0.717, 1.165) is 22.6 Å². The Morgan fingerprint density at radius 1 is 1.23 bits per heavy atom. The van der Waals surface area contributed by atoms with Crippen LogP contribution < -0.4 is 9.47 Å². The fourth-order valence-electron chi connectivity index (χ4n) is 2.57. The Labute approximate surface area is 154 Å². The monoisotopic (exact) mass is 358 g/mol. The predicted molar refractivity (Wildman–Crippen MR) is 100 cm³/mol. The van der Waals surface area contributed by atoms with E-state index in [0.29, 0.717) is 31.2 Å². The van der Waals surface area contributed by atoms with Gasteiger partial charge in [-0.15, -0.1) is 0 Å². The molecule has 0 saturated carbocycles. The summed E-state index contributed by atoms with van der Waals surface area (Å²) in [4.78, 5) is 13.8. The van der Waals surface area contributed by atoms with Crippen molar-refractivity contribution in [3.63, 3.8) is 0 Å². The lowest BCUT2D eigenvalue weighted by Crippen LogP contribution is -2.28. The third kappa shape index (κ3) is 4.65. The highest BCUT2D eigenvalue weighted by atomic mass is 16.5. The zero-order valence-electron chi connectivity index (χ0n) is 16.0. The summed E-state index contributed by atoms with van der Waals surface area (Å²) in [7, 11) is 1.59. The van der Waals surface area contributed by atoms with E-state index in [1.807, 2.05) is 45.9 Å². The van der Waals surface area contributed by atoms with Gasteiger partial charge in [0.2, 0.25) is 5.91 Å². The number of amides is 1. The van der Waals surface area contributed by atoms with Crippen LogP contribution in [0, 0.1) is 13.8 Å². The van der Waals surface area contributed by atoms with E-state index in [1.165, 1.54) is 0 Å². The first kappa shape index (κ1) is 19.6. The van der Waals surface area contributed by atoms with Gasteiger partial charge in [0, 0.05) is 19.2 Å². The molecule has 0 radical (unpaired) electrons. The number of carbonyl (C=O) groups excluding carboxylic acids is 1. The molecule has 0 N–H and O–H groups in total. The first-order chi connectivity index (χ1) is 12.5. The van der Waals surface area contributed by atoms with Gasteiger partial charge < -0.3 is 18.9 Å². The van der Waals surface area contributed by atoms with Crippen molar-refractivity contribution in [3.8, 4) is 11.5 Å². The molecule has 1 heterocycles. The van der Waals surface area contributed by atoms with Crippen molar-refractivity contribution in [2.75, 3.05) is 20.2 Å². The van der Waals surface area contributed by atoms with E-state index < -0.39 is 0 Å². The average Bonchev–Trinajstić information content (AvgIpc) is 2.97. The molecule has 26 heavy (non-hydrogen) atoms. The van der Waals surface area contributed by atoms with Gasteiger partial charge >= 0.3 is 0 Å². The second-order valence-corrected chi connectivity index (χ2v) is 5.85. The molecule has 140 valence electrons. The van der Waals surface area contributed by atoms with Crippen molar-refractivity contribution < 1.29 is 18.8 Å². The molecule has 0 unspecified atom stereocenters. The summed E-state index contributed by atoms with van der Waals surface area (Å²) in [5.74, 6) is 1.97. The van der Waals surface area contributed by atoms with Crippen LogP contribution >= 0.6 is 0 Å². The average molecular weight is 358 g/mol. The van der Waals surface area contributed by atoms with E-state index in [4.69, 9.17) is 14.0 Å². The van der Waals surface area contributed by atoms with Crippen LogP contribution in [-0.2, 0) is 11.4 Å². The summed E-state index contributed by atoms with van der Waals surface area (Å²) in [6.07, 6.45) is 3.35. The lowest BCUT2D eigenvalue weighted by atomic mass is 10.1. The maximum atomic E-state index is 12.1. The Morgan fingerprint density at radius 3 is 2.54 bits per heavy atom. The third-order valence-corrected chi connectivity index (χ3v) is 4.23. The van der Waals surface area contributed by atoms with Gasteiger partial charge in [-0.2, -0.15) is 0 Å². The van der Waals surface area contributed by atoms with Gasteiger partial charge in [0.1, 0.15) is 12.4 Å². The van der Waals surface area contributed by atoms with E-state index in [1.54, 1.807) is 24.2 Å². The molecule has 0 aliphatic heterocycles. The maximum absolute atomic E-state index is 12.1. The Morgan fingerprint density at radius 2 is 1.96 bits per heavy atom. The Balaban J connectivity index is 2.10. The topological polar surface area (TPSA) is 64.8 Å². The summed E-state index contributed by atoms with van der Waals surface area (Å²) in [6, 6.07) is 5.56. The van der Waals surface area contributed by atoms with Crippen LogP contribution in [0.15, 0.2) is 28.8 Å². The molecule has 0 saturated heterocycles. The lowest BCUT2D eigenvalue weighted by Gasteiger charge is -2.16. The Hall–Kier alpha value is -2.76. The van der Waals surface area contributed by atoms with E-state index in [9.17, 15) is 4.79 Å². The minimum absolute atomic E-state index is 0.00676. The van der Waals surface area contributed by atoms with Crippen LogP contribution in [-0.4, -0.2) is 36.2 Å². The number of aromatic nitrogens is 1. The number of ether oxygens (including phenoxy) is 2. The molecule has 0 atom stereocenters. The number of aryl methyl sites for hydroxylation is 2. The Bertz CT molecular complexity index is 757. The molecule has 2 aromatic rings. The Kier molecular flexibility index (Phi) is 6.83. The highest BCUT2D eigenvalue weighted by Crippen LogP contribution is 2.30. The van der Waals surface area contributed by atoms with Crippen molar-refractivity contribution in [1.82, 2.24) is 10.1 Å². The first-order valence-corrected chi connectivity index (χ1v) is 8.69. The van der Waals surface area contributed by atoms with Crippen molar-refractivity contribution in [1.29, 1.82) is 0 Å². The molecule has 2 rings (SSSR count). The van der Waals surface area contributed by atoms with Crippen LogP contribution in [0.1, 0.15) is 36.4 Å². The molecule has 0 aliphatic carbocycles. The molecule has 0 aliphatic rings. The molecule has 1 aromatic carbocycles. The van der Waals surface area contributed by atoms with Gasteiger partial charge in [0.05, 0.1) is 18.4 Å². The highest BCUT2D eigenvalue weighted by Gasteiger charge is 2.12. The largest absolute Gasteiger partial charge is 0.493 e. The molecular weight excluding hydrogens is 332 g/mol. The number of benzene rings is 1. The highest BCUT2D eigenvalue weighted by molar-refractivity contribution is 5.91. The smallest absolute Gasteiger partial charge is 0.246 e. The van der Waals surface area contributed by atoms with Crippen LogP contribution in [0.2, 0.25) is 0 Å². The second kappa shape index (κ2) is 9.08. The van der Waals surface area contributed by atoms with Gasteiger partial charge in [0.15, 0.2) is 11.5 Å². The van der Waals surface area contributed by atoms with Gasteiger partial charge in [-0.3, -0.25) is 4.79 Å². The van der Waals surface area contributed by atoms with Crippen molar-refractivity contribution in [3.05, 3.63) is 46.9 Å². The van der Waals surface area contributed by atoms with Crippen LogP contribution in [0.5, 0.6) is 11.5 Å². The molecule has 6 nitrogen and oxygen atoms in total. The quantitative estimate of drug-likeness (QED) is 0.672. The summed E-state index contributed by atoms with van der Waals surface area (Å²) in [6.45, 7) is 9.40. The van der Waals surface area contributed by atoms with Crippen molar-refractivity contribution >= 4 is 12.0 Å². The fraction of sp³-hybridized carbons (Fsp3) is 0.400. The summed E-state index contributed by atoms with van der Waals surface area (Å²) >= 11 is 0. The van der Waals surface area contributed by atoms with Gasteiger partial charge in [-0.25, -0.2) is 0 Å². The number of rotatable bonds is 8. The van der Waals surface area contributed by atoms with Crippen LogP contribution in [0.25, 0.3) is 6.08 Å². The number of nitrogens with zero attached hydrogens (tertiary/aromatic N) is 2. The number of carbonyl (C=O) groups is 1. The number of hydrogen-bond acceptors (Lipinski definition) is 5. The SMILES string of the molecule is CCN(CC)C(=O)/C=C/c1ccc(OCc2c(C)noc2C)c(OC)c1. The van der Waals surface area contributed by atoms with Gasteiger partial charge in [-0.05, 0) is 51.5 Å². The van der Waals surface area contributed by atoms with Crippen LogP contribution in [0.4, 0.5) is 0 Å². The molecule has 0 bridgehead atoms. The summed E-state index contributed by atoms with van der Waals surface area (Å²) in [5.41, 5.74) is 2.61. The number of likely N-dealkylation sites (N-methyl/N-ethyl adjacent to an activating group) is 1. The fourth-order valence-corrected chi connectivity index (χ4v) is 2.57. The molecule has 6 heteroatoms. The lowest BCUT2D eigenvalue weighted by molar-refractivity contribution is -0.125. The number of hydrogen-bond donors (Lipinski definition) is 0.